The molecule has 0 fully saturated rings. The van der Waals surface area contributed by atoms with E-state index in [4.69, 9.17) is 50.8 Å². The van der Waals surface area contributed by atoms with Gasteiger partial charge >= 0.3 is 25.4 Å². The lowest BCUT2D eigenvalue weighted by Gasteiger charge is -2.37. The molecule has 0 saturated carbocycles. The molecule has 1 aliphatic rings. The molecule has 0 bridgehead atoms. The largest absolute Gasteiger partial charge is 0.573 e. The molecule has 9 aromatic carbocycles. The van der Waals surface area contributed by atoms with E-state index in [-0.39, 0.29) is 86.1 Å². The zero-order valence-electron chi connectivity index (χ0n) is 69.4. The van der Waals surface area contributed by atoms with E-state index in [1.54, 1.807) is 100 Å². The maximum Gasteiger partial charge on any atom is 0.573 e. The number of aliphatic hydroxyl groups is 1. The average Bonchev–Trinajstić information content (AvgIpc) is 1.46. The summed E-state index contributed by atoms with van der Waals surface area (Å²) in [4.78, 5) is 45.1. The summed E-state index contributed by atoms with van der Waals surface area (Å²) in [7, 11) is -2.10. The van der Waals surface area contributed by atoms with Crippen molar-refractivity contribution < 1.29 is 90.8 Å². The third kappa shape index (κ3) is 25.5. The number of allylic oxidation sites excluding steroid dienone is 1. The number of aromatic nitrogens is 8. The Balaban J connectivity index is 0.000000155. The Morgan fingerprint density at radius 1 is 0.462 bits per heavy atom. The first-order valence-corrected chi connectivity index (χ1v) is 45.4. The number of halogens is 18. The van der Waals surface area contributed by atoms with Crippen LogP contribution in [-0.2, 0) is 10.8 Å². The Bertz CT molecular complexity index is 6540. The van der Waals surface area contributed by atoms with Gasteiger partial charge in [-0.2, -0.15) is 0 Å². The van der Waals surface area contributed by atoms with E-state index in [9.17, 15) is 67.4 Å². The number of nitrogens with zero attached hydrogens (tertiary/aromatic N) is 10. The number of hydrogen-bond donors (Lipinski definition) is 2. The molecule has 6 aromatic heterocycles. The zero-order valence-corrected chi connectivity index (χ0v) is 76.6. The van der Waals surface area contributed by atoms with Gasteiger partial charge in [0.1, 0.15) is 67.4 Å². The molecule has 1 aliphatic carbocycles. The molecular formula is C92H77Br2Cl4F12N11O8Si. The van der Waals surface area contributed by atoms with Crippen molar-refractivity contribution in [2.45, 2.75) is 84.1 Å². The van der Waals surface area contributed by atoms with Gasteiger partial charge in [-0.15, -0.1) is 52.7 Å². The van der Waals surface area contributed by atoms with E-state index in [0.717, 1.165) is 67.5 Å². The second-order valence-electron chi connectivity index (χ2n) is 30.2. The van der Waals surface area contributed by atoms with Crippen LogP contribution in [0.15, 0.2) is 265 Å². The number of carbonyl (C=O) groups is 2. The molecule has 0 atom stereocenters. The van der Waals surface area contributed by atoms with Crippen LogP contribution in [0, 0.1) is 0 Å². The standard InChI is InChI=1S/C28H29Cl2F3N4O3Si.C22H15Cl2F3N4O3.C18H17F3N2O.C15H9BrF3NO.C9H7Br/c1-27(2,3)41(4,5)39-14-13-37(26(38)23-24(29)34-17-35-25(23)30)20-9-10-22-18(15-20)11-12-36(22)19-7-6-8-21(16-19)40-28(31,32)33;23-19-18(20(24)29-12-28-19)21(33)31(8-9-32)15-4-5-17-13(10-15)6-7-30(17)14-2-1-3-16(11-14)34-22(25,26)27;1-2-9-22-14-6-7-17-13(11-14)8-10-23(17)15-4-3-5-16(12-15)24-18(19,20)21;16-11-4-5-14-10(8-11)6-7-20(14)12-2-1-3-13(9-12)21-15(17,18)19;10-9-5-4-7-2-1-3-8(7)6-9/h6-12,15-17H,13-14H2,1-5H3;1-7,10-12,32H,8-9H2;3-8,10-12,22H,2,9H2,1H3;1-9H;1,3-6H,2H2. The Morgan fingerprint density at radius 2 is 0.815 bits per heavy atom. The summed E-state index contributed by atoms with van der Waals surface area (Å²) in [5.74, 6) is -2.23. The number of nitrogens with one attached hydrogen (secondary N) is 1. The van der Waals surface area contributed by atoms with Crippen LogP contribution in [0.2, 0.25) is 38.7 Å². The molecule has 0 radical (unpaired) electrons. The minimum atomic E-state index is -4.80. The topological polar surface area (TPSA) is 190 Å². The smallest absolute Gasteiger partial charge is 0.415 e. The highest BCUT2D eigenvalue weighted by atomic mass is 79.9. The highest BCUT2D eigenvalue weighted by molar-refractivity contribution is 9.10. The van der Waals surface area contributed by atoms with Crippen molar-refractivity contribution in [1.29, 1.82) is 0 Å². The van der Waals surface area contributed by atoms with Gasteiger partial charge < -0.3 is 61.9 Å². The Hall–Kier alpha value is -11.6. The number of ether oxygens (including phenoxy) is 4. The molecular weight excluding hydrogens is 1940 g/mol. The van der Waals surface area contributed by atoms with E-state index >= 15 is 0 Å². The lowest BCUT2D eigenvalue weighted by Crippen LogP contribution is -2.43. The van der Waals surface area contributed by atoms with Gasteiger partial charge in [0.15, 0.2) is 8.32 Å². The lowest BCUT2D eigenvalue weighted by molar-refractivity contribution is -0.275. The number of rotatable bonds is 21. The van der Waals surface area contributed by atoms with Crippen molar-refractivity contribution in [2.24, 2.45) is 0 Å². The Morgan fingerprint density at radius 3 is 1.19 bits per heavy atom. The summed E-state index contributed by atoms with van der Waals surface area (Å²) < 4.78 is 181. The van der Waals surface area contributed by atoms with Crippen LogP contribution in [0.5, 0.6) is 23.0 Å². The molecule has 0 saturated heterocycles. The lowest BCUT2D eigenvalue weighted by atomic mass is 10.1. The average molecular weight is 2020 g/mol. The quantitative estimate of drug-likeness (QED) is 0.0393. The first kappa shape index (κ1) is 97.5. The first-order chi connectivity index (χ1) is 61.5. The minimum absolute atomic E-state index is 0.0218. The predicted octanol–water partition coefficient (Wildman–Crippen LogP) is 27.2. The fraction of sp³-hybridized carbons (Fsp3) is 0.196. The normalized spacial score (nSPS) is 12.1. The van der Waals surface area contributed by atoms with Crippen LogP contribution < -0.4 is 34.1 Å². The summed E-state index contributed by atoms with van der Waals surface area (Å²) in [6, 6.07) is 58.9. The van der Waals surface area contributed by atoms with Crippen LogP contribution in [0.3, 0.4) is 0 Å². The van der Waals surface area contributed by atoms with Crippen molar-refractivity contribution in [2.75, 3.05) is 48.0 Å². The van der Waals surface area contributed by atoms with E-state index in [2.05, 4.69) is 147 Å². The summed E-state index contributed by atoms with van der Waals surface area (Å²) in [5, 5.41) is 15.9. The number of anilines is 3. The number of fused-ring (bicyclic) bond motifs is 5. The third-order valence-electron chi connectivity index (χ3n) is 20.3. The first-order valence-electron chi connectivity index (χ1n) is 39.4. The minimum Gasteiger partial charge on any atom is -0.415 e. The SMILES string of the molecule is Brc1ccc2c(c1)C=CC2.CC(C)(C)[Si](C)(C)OCCN(C(=O)c1c(Cl)ncnc1Cl)c1ccc2c(ccn2-c2cccc(OC(F)(F)F)c2)c1.CCCNc1ccc2c(ccn2-c2cccc(OC(F)(F)F)c2)c1.FC(F)(F)Oc1cccc(-n2ccc3cc(Br)ccc32)c1.O=C(c1c(Cl)ncnc1Cl)N(CCO)c1ccc2c(ccn2-c2cccc(OC(F)(F)F)c2)c1. The third-order valence-corrected chi connectivity index (χ3v) is 27.0. The summed E-state index contributed by atoms with van der Waals surface area (Å²) in [6.07, 6.45) is -3.15. The van der Waals surface area contributed by atoms with Gasteiger partial charge in [-0.3, -0.25) is 9.59 Å². The molecule has 16 rings (SSSR count). The molecule has 2 N–H and O–H groups in total. The summed E-state index contributed by atoms with van der Waals surface area (Å²) >= 11 is 31.4. The molecule has 2 amide bonds. The van der Waals surface area contributed by atoms with E-state index in [0.29, 0.717) is 50.5 Å². The molecule has 38 heteroatoms. The fourth-order valence-electron chi connectivity index (χ4n) is 13.4. The number of amides is 2. The Kier molecular flexibility index (Phi) is 31.2. The van der Waals surface area contributed by atoms with Gasteiger partial charge in [-0.25, -0.2) is 19.9 Å². The van der Waals surface area contributed by atoms with Crippen LogP contribution in [0.4, 0.5) is 69.7 Å². The van der Waals surface area contributed by atoms with Gasteiger partial charge in [0.05, 0.1) is 35.3 Å². The van der Waals surface area contributed by atoms with E-state index < -0.39 is 45.6 Å². The number of aliphatic hydroxyl groups excluding tert-OH is 1. The van der Waals surface area contributed by atoms with Crippen molar-refractivity contribution in [3.05, 3.63) is 308 Å². The molecule has 130 heavy (non-hydrogen) atoms. The van der Waals surface area contributed by atoms with E-state index in [1.165, 1.54) is 94.0 Å². The summed E-state index contributed by atoms with van der Waals surface area (Å²) in [6.45, 7) is 13.7. The number of benzene rings is 9. The maximum atomic E-state index is 13.8. The van der Waals surface area contributed by atoms with Crippen LogP contribution in [-0.4, -0.2) is 122 Å². The van der Waals surface area contributed by atoms with Gasteiger partial charge in [-0.1, -0.05) is 148 Å². The molecule has 15 aromatic rings. The van der Waals surface area contributed by atoms with Gasteiger partial charge in [0.2, 0.25) is 0 Å². The molecule has 678 valence electrons. The van der Waals surface area contributed by atoms with Gasteiger partial charge in [0, 0.05) is 139 Å². The fourth-order valence-corrected chi connectivity index (χ4v) is 16.1. The van der Waals surface area contributed by atoms with Gasteiger partial charge in [-0.05, 0) is 200 Å². The van der Waals surface area contributed by atoms with Crippen molar-refractivity contribution >= 4 is 165 Å². The molecule has 0 spiro atoms. The van der Waals surface area contributed by atoms with Crippen LogP contribution in [0.1, 0.15) is 66.0 Å². The van der Waals surface area contributed by atoms with Crippen molar-refractivity contribution in [1.82, 2.24) is 38.2 Å². The summed E-state index contributed by atoms with van der Waals surface area (Å²) in [5.41, 5.74) is 10.0. The highest BCUT2D eigenvalue weighted by Crippen LogP contribution is 2.40. The second-order valence-corrected chi connectivity index (χ2v) is 38.2. The van der Waals surface area contributed by atoms with Gasteiger partial charge in [0.25, 0.3) is 11.8 Å². The monoisotopic (exact) mass is 2020 g/mol. The van der Waals surface area contributed by atoms with Crippen molar-refractivity contribution in [3.8, 4) is 45.7 Å². The number of hydrogen-bond acceptors (Lipinski definition) is 13. The zero-order chi connectivity index (χ0) is 93.8. The Labute approximate surface area is 774 Å². The number of carbonyl (C=O) groups excluding carboxylic acids is 2. The molecule has 6 heterocycles. The molecule has 0 unspecified atom stereocenters. The van der Waals surface area contributed by atoms with Crippen LogP contribution >= 0.6 is 78.3 Å². The van der Waals surface area contributed by atoms with Crippen LogP contribution in [0.25, 0.3) is 72.4 Å². The van der Waals surface area contributed by atoms with Crippen molar-refractivity contribution in [3.63, 3.8) is 0 Å². The number of alkyl halides is 12. The molecule has 19 nitrogen and oxygen atoms in total. The maximum absolute atomic E-state index is 13.8. The van der Waals surface area contributed by atoms with E-state index in [1.807, 2.05) is 70.1 Å². The highest BCUT2D eigenvalue weighted by Gasteiger charge is 2.39. The predicted molar refractivity (Wildman–Crippen MR) is 491 cm³/mol. The second kappa shape index (κ2) is 41.7. The molecule has 0 aliphatic heterocycles.